The van der Waals surface area contributed by atoms with E-state index in [1.165, 1.54) is 0 Å². The normalized spacial score (nSPS) is 10.8. The Hall–Kier alpha value is -3.19. The van der Waals surface area contributed by atoms with Crippen LogP contribution in [0.3, 0.4) is 0 Å². The molecule has 0 aliphatic rings. The summed E-state index contributed by atoms with van der Waals surface area (Å²) in [6.45, 7) is 2.79. The lowest BCUT2D eigenvalue weighted by Gasteiger charge is -2.03. The van der Waals surface area contributed by atoms with Crippen molar-refractivity contribution in [3.8, 4) is 34.1 Å². The van der Waals surface area contributed by atoms with Crippen LogP contribution < -0.4 is 9.47 Å². The molecule has 0 aliphatic heterocycles. The standard InChI is InChI=1S/C22H21N3O3S/c1-3-12-27-18-10-6-16(7-11-18)22-24-20(28-25-22)13-21-23-19(14-29-21)15-4-8-17(26-2)9-5-15/h4-11,14H,3,12-13H2,1-2H3. The van der Waals surface area contributed by atoms with E-state index in [1.807, 2.05) is 53.9 Å². The van der Waals surface area contributed by atoms with Crippen LogP contribution in [-0.2, 0) is 6.42 Å². The molecule has 0 saturated heterocycles. The van der Waals surface area contributed by atoms with Crippen molar-refractivity contribution in [2.75, 3.05) is 13.7 Å². The van der Waals surface area contributed by atoms with Gasteiger partial charge in [-0.25, -0.2) is 4.98 Å². The number of hydrogen-bond donors (Lipinski definition) is 0. The Labute approximate surface area is 173 Å². The number of nitrogens with zero attached hydrogens (tertiary/aromatic N) is 3. The van der Waals surface area contributed by atoms with Gasteiger partial charge in [0.1, 0.15) is 16.5 Å². The fourth-order valence-electron chi connectivity index (χ4n) is 2.78. The van der Waals surface area contributed by atoms with E-state index in [9.17, 15) is 0 Å². The highest BCUT2D eigenvalue weighted by molar-refractivity contribution is 7.10. The molecule has 4 aromatic rings. The summed E-state index contributed by atoms with van der Waals surface area (Å²) in [5.74, 6) is 2.77. The number of hydrogen-bond acceptors (Lipinski definition) is 7. The zero-order valence-corrected chi connectivity index (χ0v) is 17.1. The SMILES string of the molecule is CCCOc1ccc(-c2noc(Cc3nc(-c4ccc(OC)cc4)cs3)n2)cc1. The van der Waals surface area contributed by atoms with Gasteiger partial charge >= 0.3 is 0 Å². The van der Waals surface area contributed by atoms with E-state index >= 15 is 0 Å². The average molecular weight is 407 g/mol. The summed E-state index contributed by atoms with van der Waals surface area (Å²) in [6, 6.07) is 15.6. The number of thiazole rings is 1. The van der Waals surface area contributed by atoms with Gasteiger partial charge in [0, 0.05) is 16.5 Å². The molecule has 2 aromatic carbocycles. The topological polar surface area (TPSA) is 70.3 Å². The van der Waals surface area contributed by atoms with Gasteiger partial charge in [-0.1, -0.05) is 12.1 Å². The van der Waals surface area contributed by atoms with Gasteiger partial charge in [-0.15, -0.1) is 11.3 Å². The first-order valence-electron chi connectivity index (χ1n) is 9.40. The Morgan fingerprint density at radius 3 is 2.38 bits per heavy atom. The van der Waals surface area contributed by atoms with Crippen molar-refractivity contribution >= 4 is 11.3 Å². The molecular formula is C22H21N3O3S. The van der Waals surface area contributed by atoms with E-state index < -0.39 is 0 Å². The maximum absolute atomic E-state index is 5.60. The zero-order valence-electron chi connectivity index (χ0n) is 16.3. The van der Waals surface area contributed by atoms with E-state index in [2.05, 4.69) is 22.0 Å². The molecule has 2 aromatic heterocycles. The van der Waals surface area contributed by atoms with Gasteiger partial charge in [-0.2, -0.15) is 4.98 Å². The van der Waals surface area contributed by atoms with Crippen molar-refractivity contribution in [2.45, 2.75) is 19.8 Å². The van der Waals surface area contributed by atoms with Crippen LogP contribution in [0.1, 0.15) is 24.2 Å². The quantitative estimate of drug-likeness (QED) is 0.397. The minimum Gasteiger partial charge on any atom is -0.497 e. The lowest BCUT2D eigenvalue weighted by Crippen LogP contribution is -1.94. The molecular weight excluding hydrogens is 386 g/mol. The Morgan fingerprint density at radius 2 is 1.66 bits per heavy atom. The zero-order chi connectivity index (χ0) is 20.1. The van der Waals surface area contributed by atoms with Crippen LogP contribution >= 0.6 is 11.3 Å². The van der Waals surface area contributed by atoms with Gasteiger partial charge in [0.2, 0.25) is 11.7 Å². The molecule has 6 nitrogen and oxygen atoms in total. The highest BCUT2D eigenvalue weighted by Crippen LogP contribution is 2.26. The highest BCUT2D eigenvalue weighted by Gasteiger charge is 2.12. The van der Waals surface area contributed by atoms with Crippen LogP contribution in [0.4, 0.5) is 0 Å². The van der Waals surface area contributed by atoms with Gasteiger partial charge in [0.05, 0.1) is 25.8 Å². The molecule has 7 heteroatoms. The largest absolute Gasteiger partial charge is 0.497 e. The van der Waals surface area contributed by atoms with Crippen LogP contribution in [0.15, 0.2) is 58.4 Å². The summed E-state index contributed by atoms with van der Waals surface area (Å²) < 4.78 is 16.2. The number of ether oxygens (including phenoxy) is 2. The average Bonchev–Trinajstić information content (AvgIpc) is 3.43. The minimum absolute atomic E-state index is 0.505. The third kappa shape index (κ3) is 4.63. The molecule has 0 fully saturated rings. The van der Waals surface area contributed by atoms with Crippen LogP contribution in [0.5, 0.6) is 11.5 Å². The molecule has 148 valence electrons. The molecule has 0 spiro atoms. The van der Waals surface area contributed by atoms with Gasteiger partial charge in [0.15, 0.2) is 0 Å². The smallest absolute Gasteiger partial charge is 0.233 e. The number of benzene rings is 2. The number of methoxy groups -OCH3 is 1. The lowest BCUT2D eigenvalue weighted by molar-refractivity contribution is 0.317. The molecule has 0 atom stereocenters. The predicted octanol–water partition coefficient (Wildman–Crippen LogP) is 5.25. The maximum atomic E-state index is 5.60. The summed E-state index contributed by atoms with van der Waals surface area (Å²) in [5.41, 5.74) is 2.86. The van der Waals surface area contributed by atoms with Crippen LogP contribution in [0, 0.1) is 0 Å². The molecule has 0 aliphatic carbocycles. The first-order chi connectivity index (χ1) is 14.2. The molecule has 0 bridgehead atoms. The van der Waals surface area contributed by atoms with Crippen molar-refractivity contribution < 1.29 is 14.0 Å². The Balaban J connectivity index is 1.43. The second kappa shape index (κ2) is 8.87. The lowest BCUT2D eigenvalue weighted by atomic mass is 10.2. The monoisotopic (exact) mass is 407 g/mol. The third-order valence-corrected chi connectivity index (χ3v) is 5.14. The summed E-state index contributed by atoms with van der Waals surface area (Å²) in [4.78, 5) is 9.19. The highest BCUT2D eigenvalue weighted by atomic mass is 32.1. The van der Waals surface area contributed by atoms with E-state index in [1.54, 1.807) is 18.4 Å². The van der Waals surface area contributed by atoms with Gasteiger partial charge in [-0.05, 0) is 55.0 Å². The summed E-state index contributed by atoms with van der Waals surface area (Å²) in [6.07, 6.45) is 1.48. The van der Waals surface area contributed by atoms with Gasteiger partial charge in [0.25, 0.3) is 0 Å². The summed E-state index contributed by atoms with van der Waals surface area (Å²) in [7, 11) is 1.66. The van der Waals surface area contributed by atoms with Crippen LogP contribution in [-0.4, -0.2) is 28.8 Å². The number of aromatic nitrogens is 3. The summed E-state index contributed by atoms with van der Waals surface area (Å²) in [5, 5.41) is 7.05. The van der Waals surface area contributed by atoms with Crippen molar-refractivity contribution in [1.29, 1.82) is 0 Å². The van der Waals surface area contributed by atoms with Gasteiger partial charge < -0.3 is 14.0 Å². The third-order valence-electron chi connectivity index (χ3n) is 4.29. The van der Waals surface area contributed by atoms with Crippen molar-refractivity contribution in [2.24, 2.45) is 0 Å². The van der Waals surface area contributed by atoms with Crippen molar-refractivity contribution in [3.05, 3.63) is 64.8 Å². The molecule has 0 saturated carbocycles. The molecule has 4 rings (SSSR count). The molecule has 0 N–H and O–H groups in total. The predicted molar refractivity (Wildman–Crippen MR) is 112 cm³/mol. The van der Waals surface area contributed by atoms with Crippen LogP contribution in [0.25, 0.3) is 22.6 Å². The first-order valence-corrected chi connectivity index (χ1v) is 10.3. The fourth-order valence-corrected chi connectivity index (χ4v) is 3.57. The Kier molecular flexibility index (Phi) is 5.86. The molecule has 2 heterocycles. The van der Waals surface area contributed by atoms with Crippen molar-refractivity contribution in [3.63, 3.8) is 0 Å². The van der Waals surface area contributed by atoms with Crippen molar-refractivity contribution in [1.82, 2.24) is 15.1 Å². The second-order valence-corrected chi connectivity index (χ2v) is 7.36. The van der Waals surface area contributed by atoms with E-state index in [0.29, 0.717) is 24.7 Å². The summed E-state index contributed by atoms with van der Waals surface area (Å²) >= 11 is 1.58. The van der Waals surface area contributed by atoms with E-state index in [0.717, 1.165) is 39.7 Å². The molecule has 29 heavy (non-hydrogen) atoms. The Bertz CT molecular complexity index is 1060. The number of rotatable bonds is 8. The van der Waals surface area contributed by atoms with E-state index in [-0.39, 0.29) is 0 Å². The van der Waals surface area contributed by atoms with Crippen LogP contribution in [0.2, 0.25) is 0 Å². The fraction of sp³-hybridized carbons (Fsp3) is 0.227. The van der Waals surface area contributed by atoms with Gasteiger partial charge in [-0.3, -0.25) is 0 Å². The second-order valence-electron chi connectivity index (χ2n) is 6.42. The Morgan fingerprint density at radius 1 is 0.931 bits per heavy atom. The van der Waals surface area contributed by atoms with E-state index in [4.69, 9.17) is 14.0 Å². The molecule has 0 unspecified atom stereocenters. The minimum atomic E-state index is 0.505. The molecule has 0 radical (unpaired) electrons. The molecule has 0 amide bonds. The first kappa shape index (κ1) is 19.1. The maximum Gasteiger partial charge on any atom is 0.233 e.